The monoisotopic (exact) mass is 339 g/mol. The van der Waals surface area contributed by atoms with E-state index < -0.39 is 0 Å². The number of benzene rings is 2. The summed E-state index contributed by atoms with van der Waals surface area (Å²) in [4.78, 5) is 0. The summed E-state index contributed by atoms with van der Waals surface area (Å²) in [5.74, 6) is 1.76. The van der Waals surface area contributed by atoms with Crippen molar-refractivity contribution in [2.45, 2.75) is 13.3 Å². The van der Waals surface area contributed by atoms with Gasteiger partial charge in [-0.05, 0) is 58.8 Å². The summed E-state index contributed by atoms with van der Waals surface area (Å²) in [5.41, 5.74) is 7.68. The highest BCUT2D eigenvalue weighted by Gasteiger charge is 2.05. The molecule has 2 rings (SSSR count). The van der Waals surface area contributed by atoms with E-state index in [-0.39, 0.29) is 0 Å². The van der Waals surface area contributed by atoms with E-state index in [2.05, 4.69) is 35.6 Å². The largest absolute Gasteiger partial charge is 0.456 e. The maximum atomic E-state index is 5.92. The molecule has 0 fully saturated rings. The Hall–Kier alpha value is -1.23. The predicted molar refractivity (Wildman–Crippen MR) is 79.5 cm³/mol. The van der Waals surface area contributed by atoms with Gasteiger partial charge in [0.05, 0.1) is 3.57 Å². The van der Waals surface area contributed by atoms with Crippen molar-refractivity contribution in [1.29, 1.82) is 0 Å². The average Bonchev–Trinajstić information content (AvgIpc) is 2.33. The van der Waals surface area contributed by atoms with Crippen LogP contribution in [0.2, 0.25) is 0 Å². The molecule has 0 unspecified atom stereocenters. The number of halogens is 1. The molecule has 0 aliphatic heterocycles. The summed E-state index contributed by atoms with van der Waals surface area (Å²) >= 11 is 2.23. The third-order valence-corrected chi connectivity index (χ3v) is 3.37. The van der Waals surface area contributed by atoms with Gasteiger partial charge in [-0.2, -0.15) is 0 Å². The van der Waals surface area contributed by atoms with Gasteiger partial charge >= 0.3 is 0 Å². The lowest BCUT2D eigenvalue weighted by atomic mass is 10.1. The molecule has 2 aromatic carbocycles. The van der Waals surface area contributed by atoms with Crippen LogP contribution in [0.15, 0.2) is 42.5 Å². The van der Waals surface area contributed by atoms with E-state index in [0.717, 1.165) is 27.2 Å². The zero-order valence-corrected chi connectivity index (χ0v) is 11.8. The van der Waals surface area contributed by atoms with Gasteiger partial charge in [-0.1, -0.05) is 25.1 Å². The van der Waals surface area contributed by atoms with Crippen LogP contribution in [0.1, 0.15) is 12.5 Å². The number of nitrogen functional groups attached to an aromatic ring is 1. The minimum absolute atomic E-state index is 0.755. The minimum atomic E-state index is 0.755. The van der Waals surface area contributed by atoms with Gasteiger partial charge in [0.25, 0.3) is 0 Å². The summed E-state index contributed by atoms with van der Waals surface area (Å²) in [6.07, 6.45) is 0.960. The molecule has 0 amide bonds. The average molecular weight is 339 g/mol. The zero-order chi connectivity index (χ0) is 12.3. The number of rotatable bonds is 3. The van der Waals surface area contributed by atoms with Gasteiger partial charge in [-0.15, -0.1) is 0 Å². The number of para-hydroxylation sites is 1. The van der Waals surface area contributed by atoms with Crippen molar-refractivity contribution in [2.24, 2.45) is 0 Å². The summed E-state index contributed by atoms with van der Waals surface area (Å²) in [6, 6.07) is 13.8. The normalized spacial score (nSPS) is 10.2. The minimum Gasteiger partial charge on any atom is -0.456 e. The molecule has 0 heterocycles. The first-order valence-electron chi connectivity index (χ1n) is 5.51. The highest BCUT2D eigenvalue weighted by molar-refractivity contribution is 14.1. The van der Waals surface area contributed by atoms with Crippen molar-refractivity contribution < 1.29 is 4.74 Å². The van der Waals surface area contributed by atoms with Crippen LogP contribution >= 0.6 is 22.6 Å². The molecule has 17 heavy (non-hydrogen) atoms. The molecule has 3 heteroatoms. The fraction of sp³-hybridized carbons (Fsp3) is 0.143. The number of anilines is 1. The molecule has 0 aromatic heterocycles. The van der Waals surface area contributed by atoms with Crippen LogP contribution in [0.25, 0.3) is 0 Å². The molecule has 0 aliphatic carbocycles. The number of aryl methyl sites for hydroxylation is 1. The second-order valence-electron chi connectivity index (χ2n) is 3.75. The zero-order valence-electron chi connectivity index (χ0n) is 9.61. The highest BCUT2D eigenvalue weighted by Crippen LogP contribution is 2.30. The highest BCUT2D eigenvalue weighted by atomic mass is 127. The van der Waals surface area contributed by atoms with Gasteiger partial charge in [-0.25, -0.2) is 0 Å². The van der Waals surface area contributed by atoms with E-state index in [1.807, 2.05) is 36.4 Å². The first kappa shape index (κ1) is 12.2. The van der Waals surface area contributed by atoms with Crippen molar-refractivity contribution >= 4 is 28.3 Å². The van der Waals surface area contributed by atoms with Gasteiger partial charge in [-0.3, -0.25) is 0 Å². The fourth-order valence-electron chi connectivity index (χ4n) is 1.61. The van der Waals surface area contributed by atoms with Gasteiger partial charge in [0.1, 0.15) is 11.5 Å². The van der Waals surface area contributed by atoms with Crippen LogP contribution in [0.4, 0.5) is 5.69 Å². The molecular weight excluding hydrogens is 325 g/mol. The van der Waals surface area contributed by atoms with Crippen LogP contribution in [0, 0.1) is 3.57 Å². The topological polar surface area (TPSA) is 35.2 Å². The Morgan fingerprint density at radius 1 is 1.12 bits per heavy atom. The molecule has 0 radical (unpaired) electrons. The molecule has 0 spiro atoms. The lowest BCUT2D eigenvalue weighted by Gasteiger charge is -2.11. The Morgan fingerprint density at radius 2 is 1.88 bits per heavy atom. The Kier molecular flexibility index (Phi) is 3.89. The Labute approximate surface area is 115 Å². The quantitative estimate of drug-likeness (QED) is 0.671. The van der Waals surface area contributed by atoms with Crippen LogP contribution in [0.5, 0.6) is 11.5 Å². The lowest BCUT2D eigenvalue weighted by Crippen LogP contribution is -1.93. The van der Waals surface area contributed by atoms with Gasteiger partial charge in [0.15, 0.2) is 0 Å². The van der Waals surface area contributed by atoms with Crippen molar-refractivity contribution in [1.82, 2.24) is 0 Å². The Morgan fingerprint density at radius 3 is 2.59 bits per heavy atom. The van der Waals surface area contributed by atoms with Crippen LogP contribution in [0.3, 0.4) is 0 Å². The first-order valence-corrected chi connectivity index (χ1v) is 6.59. The van der Waals surface area contributed by atoms with Crippen molar-refractivity contribution in [3.8, 4) is 11.5 Å². The van der Waals surface area contributed by atoms with E-state index in [9.17, 15) is 0 Å². The van der Waals surface area contributed by atoms with Crippen LogP contribution in [-0.4, -0.2) is 0 Å². The number of nitrogens with two attached hydrogens (primary N) is 1. The molecular formula is C14H14INO. The first-order chi connectivity index (χ1) is 8.20. The van der Waals surface area contributed by atoms with Gasteiger partial charge < -0.3 is 10.5 Å². The predicted octanol–water partition coefficient (Wildman–Crippen LogP) is 4.23. The van der Waals surface area contributed by atoms with E-state index in [4.69, 9.17) is 10.5 Å². The number of ether oxygens (including phenoxy) is 1. The number of hydrogen-bond acceptors (Lipinski definition) is 2. The molecule has 0 saturated heterocycles. The van der Waals surface area contributed by atoms with E-state index in [1.54, 1.807) is 0 Å². The molecule has 2 nitrogen and oxygen atoms in total. The molecule has 0 bridgehead atoms. The lowest BCUT2D eigenvalue weighted by molar-refractivity contribution is 0.473. The van der Waals surface area contributed by atoms with Crippen molar-refractivity contribution in [2.75, 3.05) is 5.73 Å². The summed E-state index contributed by atoms with van der Waals surface area (Å²) in [5, 5.41) is 0. The molecule has 88 valence electrons. The molecule has 2 aromatic rings. The summed E-state index contributed by atoms with van der Waals surface area (Å²) in [7, 11) is 0. The van der Waals surface area contributed by atoms with Crippen LogP contribution in [-0.2, 0) is 6.42 Å². The second kappa shape index (κ2) is 5.40. The SMILES string of the molecule is CCc1ccccc1Oc1ccc(N)cc1I. The van der Waals surface area contributed by atoms with Gasteiger partial charge in [0, 0.05) is 5.69 Å². The fourth-order valence-corrected chi connectivity index (χ4v) is 2.26. The third-order valence-electron chi connectivity index (χ3n) is 2.53. The van der Waals surface area contributed by atoms with Crippen molar-refractivity contribution in [3.63, 3.8) is 0 Å². The maximum Gasteiger partial charge on any atom is 0.140 e. The Bertz CT molecular complexity index is 525. The standard InChI is InChI=1S/C14H14INO/c1-2-10-5-3-4-6-13(10)17-14-8-7-11(16)9-12(14)15/h3-9H,2,16H2,1H3. The van der Waals surface area contributed by atoms with E-state index in [0.29, 0.717) is 0 Å². The Balaban J connectivity index is 2.31. The molecule has 2 N–H and O–H groups in total. The van der Waals surface area contributed by atoms with E-state index >= 15 is 0 Å². The smallest absolute Gasteiger partial charge is 0.140 e. The number of hydrogen-bond donors (Lipinski definition) is 1. The second-order valence-corrected chi connectivity index (χ2v) is 4.92. The maximum absolute atomic E-state index is 5.92. The molecule has 0 saturated carbocycles. The van der Waals surface area contributed by atoms with Gasteiger partial charge in [0.2, 0.25) is 0 Å². The third kappa shape index (κ3) is 2.91. The summed E-state index contributed by atoms with van der Waals surface area (Å²) < 4.78 is 6.94. The summed E-state index contributed by atoms with van der Waals surface area (Å²) in [6.45, 7) is 2.12. The van der Waals surface area contributed by atoms with Crippen molar-refractivity contribution in [3.05, 3.63) is 51.6 Å². The molecule has 0 aliphatic rings. The molecule has 0 atom stereocenters. The van der Waals surface area contributed by atoms with Crippen LogP contribution < -0.4 is 10.5 Å². The van der Waals surface area contributed by atoms with E-state index in [1.165, 1.54) is 5.56 Å².